The third kappa shape index (κ3) is 5.51. The first kappa shape index (κ1) is 20.3. The lowest BCUT2D eigenvalue weighted by Crippen LogP contribution is -2.22. The fourth-order valence-electron chi connectivity index (χ4n) is 2.48. The first-order valence-corrected chi connectivity index (χ1v) is 9.66. The molecule has 1 fully saturated rings. The summed E-state index contributed by atoms with van der Waals surface area (Å²) in [6.45, 7) is 1.68. The highest BCUT2D eigenvalue weighted by Crippen LogP contribution is 2.32. The molecule has 0 bridgehead atoms. The van der Waals surface area contributed by atoms with E-state index in [1.807, 2.05) is 0 Å². The van der Waals surface area contributed by atoms with Crippen molar-refractivity contribution in [1.82, 2.24) is 0 Å². The molecule has 2 N–H and O–H groups in total. The maximum absolute atomic E-state index is 12.8. The summed E-state index contributed by atoms with van der Waals surface area (Å²) in [7, 11) is 0. The highest BCUT2D eigenvalue weighted by molar-refractivity contribution is 8.00. The zero-order valence-corrected chi connectivity index (χ0v) is 15.9. The lowest BCUT2D eigenvalue weighted by Gasteiger charge is -2.14. The standard InChI is InChI=1S/C20H19F3N2O2S/c1-12(18(26)25-16-4-2-3-14(11-16)20(21,22)23)28-17-9-7-15(8-10-17)24-19(27)13-5-6-13/h2-4,7-13H,5-6H2,1H3,(H,24,27)(H,25,26). The first-order valence-electron chi connectivity index (χ1n) is 8.78. The van der Waals surface area contributed by atoms with Crippen LogP contribution in [0.25, 0.3) is 0 Å². The van der Waals surface area contributed by atoms with E-state index in [4.69, 9.17) is 0 Å². The molecule has 0 saturated heterocycles. The highest BCUT2D eigenvalue weighted by Gasteiger charge is 2.31. The Morgan fingerprint density at radius 1 is 1.04 bits per heavy atom. The molecular weight excluding hydrogens is 389 g/mol. The van der Waals surface area contributed by atoms with E-state index in [1.165, 1.54) is 23.9 Å². The Morgan fingerprint density at radius 3 is 2.32 bits per heavy atom. The Balaban J connectivity index is 1.56. The van der Waals surface area contributed by atoms with Crippen molar-refractivity contribution in [2.75, 3.05) is 10.6 Å². The first-order chi connectivity index (χ1) is 13.2. The lowest BCUT2D eigenvalue weighted by atomic mass is 10.2. The van der Waals surface area contributed by atoms with Gasteiger partial charge in [-0.25, -0.2) is 0 Å². The van der Waals surface area contributed by atoms with Gasteiger partial charge in [-0.2, -0.15) is 13.2 Å². The molecule has 0 spiro atoms. The molecule has 0 heterocycles. The summed E-state index contributed by atoms with van der Waals surface area (Å²) in [4.78, 5) is 24.9. The van der Waals surface area contributed by atoms with Crippen LogP contribution in [0.4, 0.5) is 24.5 Å². The predicted molar refractivity (Wildman–Crippen MR) is 103 cm³/mol. The molecule has 1 unspecified atom stereocenters. The van der Waals surface area contributed by atoms with Crippen molar-refractivity contribution >= 4 is 35.0 Å². The van der Waals surface area contributed by atoms with Gasteiger partial charge in [-0.3, -0.25) is 9.59 Å². The lowest BCUT2D eigenvalue weighted by molar-refractivity contribution is -0.137. The summed E-state index contributed by atoms with van der Waals surface area (Å²) in [6.07, 6.45) is -2.60. The van der Waals surface area contributed by atoms with Crippen molar-refractivity contribution < 1.29 is 22.8 Å². The molecule has 2 amide bonds. The molecule has 1 aliphatic rings. The van der Waals surface area contributed by atoms with Crippen LogP contribution in [0.15, 0.2) is 53.4 Å². The van der Waals surface area contributed by atoms with Crippen LogP contribution >= 0.6 is 11.8 Å². The van der Waals surface area contributed by atoms with E-state index in [9.17, 15) is 22.8 Å². The number of alkyl halides is 3. The second-order valence-electron chi connectivity index (χ2n) is 6.62. The Hall–Kier alpha value is -2.48. The average molecular weight is 408 g/mol. The smallest absolute Gasteiger partial charge is 0.326 e. The summed E-state index contributed by atoms with van der Waals surface area (Å²) >= 11 is 1.28. The monoisotopic (exact) mass is 408 g/mol. The van der Waals surface area contributed by atoms with Gasteiger partial charge in [0.15, 0.2) is 0 Å². The molecule has 2 aromatic carbocycles. The van der Waals surface area contributed by atoms with Crippen LogP contribution < -0.4 is 10.6 Å². The van der Waals surface area contributed by atoms with Gasteiger partial charge in [0.2, 0.25) is 11.8 Å². The molecule has 8 heteroatoms. The minimum absolute atomic E-state index is 0.0224. The van der Waals surface area contributed by atoms with Crippen molar-refractivity contribution in [3.8, 4) is 0 Å². The minimum Gasteiger partial charge on any atom is -0.326 e. The second-order valence-corrected chi connectivity index (χ2v) is 8.03. The van der Waals surface area contributed by atoms with E-state index < -0.39 is 22.9 Å². The zero-order chi connectivity index (χ0) is 20.3. The van der Waals surface area contributed by atoms with Crippen LogP contribution in [0, 0.1) is 5.92 Å². The normalized spacial score (nSPS) is 15.0. The maximum atomic E-state index is 12.8. The average Bonchev–Trinajstić information content (AvgIpc) is 3.48. The summed E-state index contributed by atoms with van der Waals surface area (Å²) in [5.41, 5.74) is -0.0119. The van der Waals surface area contributed by atoms with E-state index >= 15 is 0 Å². The van der Waals surface area contributed by atoms with Gasteiger partial charge in [0.05, 0.1) is 10.8 Å². The van der Waals surface area contributed by atoms with Crippen molar-refractivity contribution in [3.63, 3.8) is 0 Å². The van der Waals surface area contributed by atoms with Gasteiger partial charge in [0, 0.05) is 22.2 Å². The highest BCUT2D eigenvalue weighted by atomic mass is 32.2. The van der Waals surface area contributed by atoms with Gasteiger partial charge in [0.25, 0.3) is 0 Å². The Morgan fingerprint density at radius 2 is 1.71 bits per heavy atom. The predicted octanol–water partition coefficient (Wildman–Crippen LogP) is 5.17. The van der Waals surface area contributed by atoms with E-state index in [0.29, 0.717) is 5.69 Å². The molecule has 1 atom stereocenters. The molecule has 4 nitrogen and oxygen atoms in total. The molecular formula is C20H19F3N2O2S. The Bertz CT molecular complexity index is 864. The number of rotatable bonds is 6. The second kappa shape index (κ2) is 8.26. The molecule has 1 saturated carbocycles. The molecule has 148 valence electrons. The number of nitrogens with one attached hydrogen (secondary N) is 2. The SMILES string of the molecule is CC(Sc1ccc(NC(=O)C2CC2)cc1)C(=O)Nc1cccc(C(F)(F)F)c1. The quantitative estimate of drug-likeness (QED) is 0.648. The van der Waals surface area contributed by atoms with Crippen molar-refractivity contribution in [1.29, 1.82) is 0 Å². The molecule has 0 aliphatic heterocycles. The van der Waals surface area contributed by atoms with Gasteiger partial charge in [-0.05, 0) is 62.2 Å². The van der Waals surface area contributed by atoms with Crippen LogP contribution in [-0.4, -0.2) is 17.1 Å². The Kier molecular flexibility index (Phi) is 5.98. The van der Waals surface area contributed by atoms with Gasteiger partial charge in [0.1, 0.15) is 0 Å². The molecule has 28 heavy (non-hydrogen) atoms. The van der Waals surface area contributed by atoms with Crippen molar-refractivity contribution in [2.24, 2.45) is 5.92 Å². The third-order valence-corrected chi connectivity index (χ3v) is 5.32. The number of carbonyl (C=O) groups is 2. The molecule has 3 rings (SSSR count). The van der Waals surface area contributed by atoms with Crippen molar-refractivity contribution in [3.05, 3.63) is 54.1 Å². The minimum atomic E-state index is -4.46. The zero-order valence-electron chi connectivity index (χ0n) is 15.0. The van der Waals surface area contributed by atoms with Crippen LogP contribution in [0.2, 0.25) is 0 Å². The number of benzene rings is 2. The fourth-order valence-corrected chi connectivity index (χ4v) is 3.35. The van der Waals surface area contributed by atoms with Crippen LogP contribution in [0.5, 0.6) is 0 Å². The molecule has 1 aliphatic carbocycles. The van der Waals surface area contributed by atoms with Gasteiger partial charge in [-0.15, -0.1) is 11.8 Å². The molecule has 2 aromatic rings. The summed E-state index contributed by atoms with van der Waals surface area (Å²) in [5.74, 6) is -0.252. The topological polar surface area (TPSA) is 58.2 Å². The summed E-state index contributed by atoms with van der Waals surface area (Å²) in [6, 6.07) is 11.7. The summed E-state index contributed by atoms with van der Waals surface area (Å²) in [5, 5.41) is 4.84. The largest absolute Gasteiger partial charge is 0.416 e. The third-order valence-electron chi connectivity index (χ3n) is 4.21. The van der Waals surface area contributed by atoms with Gasteiger partial charge >= 0.3 is 6.18 Å². The molecule has 0 radical (unpaired) electrons. The number of thioether (sulfide) groups is 1. The number of anilines is 2. The number of halogens is 3. The van der Waals surface area contributed by atoms with E-state index in [1.54, 1.807) is 31.2 Å². The van der Waals surface area contributed by atoms with E-state index in [0.717, 1.165) is 29.9 Å². The van der Waals surface area contributed by atoms with Crippen molar-refractivity contribution in [2.45, 2.75) is 36.1 Å². The van der Waals surface area contributed by atoms with Crippen LogP contribution in [-0.2, 0) is 15.8 Å². The fraction of sp³-hybridized carbons (Fsp3) is 0.300. The Labute approximate surface area is 164 Å². The number of hydrogen-bond donors (Lipinski definition) is 2. The van der Waals surface area contributed by atoms with Crippen LogP contribution in [0.3, 0.4) is 0 Å². The summed E-state index contributed by atoms with van der Waals surface area (Å²) < 4.78 is 38.3. The van der Waals surface area contributed by atoms with Gasteiger partial charge in [-0.1, -0.05) is 6.07 Å². The van der Waals surface area contributed by atoms with Crippen LogP contribution in [0.1, 0.15) is 25.3 Å². The van der Waals surface area contributed by atoms with Gasteiger partial charge < -0.3 is 10.6 Å². The number of amides is 2. The molecule has 0 aromatic heterocycles. The maximum Gasteiger partial charge on any atom is 0.416 e. The number of carbonyl (C=O) groups excluding carboxylic acids is 2. The van der Waals surface area contributed by atoms with E-state index in [-0.39, 0.29) is 17.5 Å². The number of hydrogen-bond acceptors (Lipinski definition) is 3. The van der Waals surface area contributed by atoms with E-state index in [2.05, 4.69) is 10.6 Å².